The molecule has 108 valence electrons. The number of aryl methyl sites for hydroxylation is 1. The zero-order chi connectivity index (χ0) is 14.8. The van der Waals surface area contributed by atoms with Gasteiger partial charge < -0.3 is 10.2 Å². The molecule has 19 heavy (non-hydrogen) atoms. The summed E-state index contributed by atoms with van der Waals surface area (Å²) in [7, 11) is -1.80. The second-order valence-electron chi connectivity index (χ2n) is 6.60. The zero-order valence-electron chi connectivity index (χ0n) is 12.9. The van der Waals surface area contributed by atoms with Crippen molar-refractivity contribution in [2.24, 2.45) is 5.73 Å². The Hall–Kier alpha value is -0.163. The van der Waals surface area contributed by atoms with E-state index in [2.05, 4.69) is 74.9 Å². The van der Waals surface area contributed by atoms with Crippen molar-refractivity contribution in [3.8, 4) is 0 Å². The van der Waals surface area contributed by atoms with Gasteiger partial charge in [0.1, 0.15) is 0 Å². The molecule has 0 aliphatic heterocycles. The van der Waals surface area contributed by atoms with Crippen LogP contribution in [-0.4, -0.2) is 14.9 Å². The van der Waals surface area contributed by atoms with Crippen molar-refractivity contribution in [3.05, 3.63) is 33.8 Å². The predicted molar refractivity (Wildman–Crippen MR) is 89.0 cm³/mol. The Morgan fingerprint density at radius 2 is 1.89 bits per heavy atom. The van der Waals surface area contributed by atoms with Crippen molar-refractivity contribution in [2.75, 3.05) is 6.54 Å². The maximum absolute atomic E-state index is 6.46. The zero-order valence-corrected chi connectivity index (χ0v) is 15.5. The lowest BCUT2D eigenvalue weighted by molar-refractivity contribution is 0.191. The molecule has 0 fully saturated rings. The molecule has 2 N–H and O–H groups in total. The Bertz CT molecular complexity index is 440. The number of hydrogen-bond acceptors (Lipinski definition) is 2. The largest absolute Gasteiger partial charge is 0.409 e. The summed E-state index contributed by atoms with van der Waals surface area (Å²) in [6, 6.07) is 6.29. The van der Waals surface area contributed by atoms with Crippen LogP contribution in [0.4, 0.5) is 0 Å². The first kappa shape index (κ1) is 16.9. The highest BCUT2D eigenvalue weighted by Gasteiger charge is 2.39. The molecule has 0 bridgehead atoms. The molecular formula is C15H26BrNOSi. The van der Waals surface area contributed by atoms with Crippen LogP contribution in [0.5, 0.6) is 0 Å². The van der Waals surface area contributed by atoms with E-state index in [1.807, 2.05) is 0 Å². The van der Waals surface area contributed by atoms with Crippen molar-refractivity contribution < 1.29 is 4.43 Å². The van der Waals surface area contributed by atoms with Crippen LogP contribution in [-0.2, 0) is 4.43 Å². The topological polar surface area (TPSA) is 35.2 Å². The first-order valence-electron chi connectivity index (χ1n) is 6.72. The number of halogens is 1. The number of rotatable bonds is 4. The Morgan fingerprint density at radius 3 is 2.32 bits per heavy atom. The highest BCUT2D eigenvalue weighted by molar-refractivity contribution is 9.10. The summed E-state index contributed by atoms with van der Waals surface area (Å²) in [5, 5.41) is 0.198. The molecule has 0 heterocycles. The third-order valence-electron chi connectivity index (χ3n) is 4.04. The van der Waals surface area contributed by atoms with Crippen LogP contribution in [0.15, 0.2) is 22.7 Å². The normalized spacial score (nSPS) is 14.5. The molecule has 0 amide bonds. The lowest BCUT2D eigenvalue weighted by Crippen LogP contribution is -2.43. The molecule has 0 saturated heterocycles. The summed E-state index contributed by atoms with van der Waals surface area (Å²) < 4.78 is 7.55. The van der Waals surface area contributed by atoms with E-state index in [9.17, 15) is 0 Å². The molecular weight excluding hydrogens is 318 g/mol. The first-order chi connectivity index (χ1) is 8.58. The van der Waals surface area contributed by atoms with Gasteiger partial charge in [-0.2, -0.15) is 0 Å². The molecule has 0 aliphatic rings. The molecule has 0 aliphatic carbocycles. The molecule has 0 radical (unpaired) electrons. The molecule has 0 saturated carbocycles. The fourth-order valence-corrected chi connectivity index (χ4v) is 3.53. The Kier molecular flexibility index (Phi) is 5.41. The third-order valence-corrected chi connectivity index (χ3v) is 9.02. The van der Waals surface area contributed by atoms with Crippen molar-refractivity contribution in [1.82, 2.24) is 0 Å². The average molecular weight is 344 g/mol. The lowest BCUT2D eigenvalue weighted by Gasteiger charge is -2.39. The van der Waals surface area contributed by atoms with Gasteiger partial charge in [-0.05, 0) is 48.3 Å². The van der Waals surface area contributed by atoms with Crippen LogP contribution in [0.3, 0.4) is 0 Å². The SMILES string of the molecule is Cc1cc(Br)ccc1C(CN)O[Si](C)(C)C(C)(C)C. The maximum Gasteiger partial charge on any atom is 0.192 e. The van der Waals surface area contributed by atoms with Crippen LogP contribution < -0.4 is 5.73 Å². The van der Waals surface area contributed by atoms with Crippen LogP contribution in [0.2, 0.25) is 18.1 Å². The van der Waals surface area contributed by atoms with E-state index in [1.165, 1.54) is 11.1 Å². The Balaban J connectivity index is 3.02. The minimum Gasteiger partial charge on any atom is -0.409 e. The van der Waals surface area contributed by atoms with Crippen molar-refractivity contribution in [3.63, 3.8) is 0 Å². The van der Waals surface area contributed by atoms with Crippen molar-refractivity contribution in [1.29, 1.82) is 0 Å². The lowest BCUT2D eigenvalue weighted by atomic mass is 10.0. The van der Waals surface area contributed by atoms with E-state index in [0.29, 0.717) is 6.54 Å². The van der Waals surface area contributed by atoms with Crippen molar-refractivity contribution >= 4 is 24.2 Å². The number of hydrogen-bond donors (Lipinski definition) is 1. The third kappa shape index (κ3) is 4.15. The van der Waals surface area contributed by atoms with E-state index in [1.54, 1.807) is 0 Å². The number of benzene rings is 1. The molecule has 1 aromatic rings. The summed E-state index contributed by atoms with van der Waals surface area (Å²) >= 11 is 3.50. The summed E-state index contributed by atoms with van der Waals surface area (Å²) in [5.74, 6) is 0. The van der Waals surface area contributed by atoms with Gasteiger partial charge in [0.2, 0.25) is 0 Å². The van der Waals surface area contributed by atoms with E-state index in [-0.39, 0.29) is 11.1 Å². The molecule has 0 aromatic heterocycles. The smallest absolute Gasteiger partial charge is 0.192 e. The maximum atomic E-state index is 6.46. The van der Waals surface area contributed by atoms with E-state index < -0.39 is 8.32 Å². The molecule has 2 nitrogen and oxygen atoms in total. The van der Waals surface area contributed by atoms with Gasteiger partial charge in [-0.1, -0.05) is 42.8 Å². The molecule has 0 spiro atoms. The molecule has 1 aromatic carbocycles. The van der Waals surface area contributed by atoms with Crippen LogP contribution >= 0.6 is 15.9 Å². The van der Waals surface area contributed by atoms with Gasteiger partial charge in [0, 0.05) is 11.0 Å². The molecule has 1 atom stereocenters. The quantitative estimate of drug-likeness (QED) is 0.798. The standard InChI is InChI=1S/C15H26BrNOSi/c1-11-9-12(16)7-8-13(11)14(10-17)18-19(5,6)15(2,3)4/h7-9,14H,10,17H2,1-6H3. The summed E-state index contributed by atoms with van der Waals surface area (Å²) in [6.45, 7) is 13.9. The van der Waals surface area contributed by atoms with Gasteiger partial charge in [-0.3, -0.25) is 0 Å². The second-order valence-corrected chi connectivity index (χ2v) is 12.3. The van der Waals surface area contributed by atoms with Crippen molar-refractivity contribution in [2.45, 2.75) is 51.9 Å². The van der Waals surface area contributed by atoms with E-state index in [4.69, 9.17) is 10.2 Å². The Morgan fingerprint density at radius 1 is 1.32 bits per heavy atom. The molecule has 1 unspecified atom stereocenters. The van der Waals surface area contributed by atoms with Gasteiger partial charge in [0.05, 0.1) is 6.10 Å². The summed E-state index contributed by atoms with van der Waals surface area (Å²) in [6.07, 6.45) is -0.00556. The van der Waals surface area contributed by atoms with Gasteiger partial charge in [0.25, 0.3) is 0 Å². The number of nitrogens with two attached hydrogens (primary N) is 1. The van der Waals surface area contributed by atoms with Gasteiger partial charge in [-0.15, -0.1) is 0 Å². The fraction of sp³-hybridized carbons (Fsp3) is 0.600. The fourth-order valence-electron chi connectivity index (χ4n) is 1.77. The van der Waals surface area contributed by atoms with Gasteiger partial charge >= 0.3 is 0 Å². The average Bonchev–Trinajstić information content (AvgIpc) is 2.25. The Labute approximate surface area is 127 Å². The van der Waals surface area contributed by atoms with Crippen LogP contribution in [0, 0.1) is 6.92 Å². The minimum absolute atomic E-state index is 0.00556. The molecule has 4 heteroatoms. The highest BCUT2D eigenvalue weighted by Crippen LogP contribution is 2.40. The minimum atomic E-state index is -1.80. The van der Waals surface area contributed by atoms with Gasteiger partial charge in [0.15, 0.2) is 8.32 Å². The first-order valence-corrected chi connectivity index (χ1v) is 10.4. The van der Waals surface area contributed by atoms with Gasteiger partial charge in [-0.25, -0.2) is 0 Å². The molecule has 1 rings (SSSR count). The van der Waals surface area contributed by atoms with Crippen LogP contribution in [0.1, 0.15) is 38.0 Å². The predicted octanol–water partition coefficient (Wildman–Crippen LogP) is 4.78. The van der Waals surface area contributed by atoms with Crippen LogP contribution in [0.25, 0.3) is 0 Å². The summed E-state index contributed by atoms with van der Waals surface area (Å²) in [4.78, 5) is 0. The monoisotopic (exact) mass is 343 g/mol. The second kappa shape index (κ2) is 6.08. The van der Waals surface area contributed by atoms with E-state index in [0.717, 1.165) is 4.47 Å². The van der Waals surface area contributed by atoms with E-state index >= 15 is 0 Å². The highest BCUT2D eigenvalue weighted by atomic mass is 79.9. The summed E-state index contributed by atoms with van der Waals surface area (Å²) in [5.41, 5.74) is 8.38.